The fourth-order valence-corrected chi connectivity index (χ4v) is 4.44. The van der Waals surface area contributed by atoms with Gasteiger partial charge in [-0.3, -0.25) is 0 Å². The minimum atomic E-state index is 0.145. The van der Waals surface area contributed by atoms with Gasteiger partial charge >= 0.3 is 0 Å². The van der Waals surface area contributed by atoms with E-state index in [1.165, 1.54) is 0 Å². The lowest BCUT2D eigenvalue weighted by molar-refractivity contribution is 0.356. The summed E-state index contributed by atoms with van der Waals surface area (Å²) in [5, 5.41) is 4.45. The highest BCUT2D eigenvalue weighted by Crippen LogP contribution is 2.42. The first kappa shape index (κ1) is 18.5. The predicted octanol–water partition coefficient (Wildman–Crippen LogP) is 4.35. The molecule has 1 saturated heterocycles. The zero-order chi connectivity index (χ0) is 20.7. The van der Waals surface area contributed by atoms with Gasteiger partial charge in [0.1, 0.15) is 5.82 Å². The van der Waals surface area contributed by atoms with Gasteiger partial charge in [0.25, 0.3) is 0 Å². The number of rotatable bonds is 5. The number of methoxy groups -OCH3 is 2. The number of anilines is 1. The smallest absolute Gasteiger partial charge is 0.163 e. The van der Waals surface area contributed by atoms with Gasteiger partial charge in [-0.05, 0) is 30.5 Å². The number of nitrogens with one attached hydrogen (secondary N) is 1. The largest absolute Gasteiger partial charge is 0.493 e. The van der Waals surface area contributed by atoms with E-state index < -0.39 is 0 Å². The Morgan fingerprint density at radius 1 is 1.03 bits per heavy atom. The summed E-state index contributed by atoms with van der Waals surface area (Å²) in [6, 6.07) is 14.4. The van der Waals surface area contributed by atoms with Crippen molar-refractivity contribution in [3.05, 3.63) is 60.7 Å². The van der Waals surface area contributed by atoms with E-state index in [2.05, 4.69) is 46.2 Å². The first-order valence-electron chi connectivity index (χ1n) is 10.2. The minimum Gasteiger partial charge on any atom is -0.493 e. The van der Waals surface area contributed by atoms with Crippen molar-refractivity contribution in [2.24, 2.45) is 5.92 Å². The Labute approximate surface area is 175 Å². The van der Waals surface area contributed by atoms with Crippen LogP contribution >= 0.6 is 0 Å². The molecule has 7 heteroatoms. The number of benzene rings is 2. The first-order valence-corrected chi connectivity index (χ1v) is 10.2. The van der Waals surface area contributed by atoms with Crippen LogP contribution in [0.3, 0.4) is 0 Å². The molecule has 1 N–H and O–H groups in total. The number of hydrogen-bond donors (Lipinski definition) is 1. The average Bonchev–Trinajstić information content (AvgIpc) is 3.51. The van der Waals surface area contributed by atoms with E-state index in [9.17, 15) is 0 Å². The van der Waals surface area contributed by atoms with Gasteiger partial charge in [-0.15, -0.1) is 0 Å². The summed E-state index contributed by atoms with van der Waals surface area (Å²) < 4.78 is 12.8. The van der Waals surface area contributed by atoms with Gasteiger partial charge < -0.3 is 19.4 Å². The summed E-state index contributed by atoms with van der Waals surface area (Å²) in [4.78, 5) is 10.9. The van der Waals surface area contributed by atoms with Crippen LogP contribution in [0.5, 0.6) is 11.5 Å². The Morgan fingerprint density at radius 3 is 2.53 bits per heavy atom. The molecule has 2 aromatic carbocycles. The van der Waals surface area contributed by atoms with Crippen molar-refractivity contribution in [3.63, 3.8) is 0 Å². The van der Waals surface area contributed by atoms with Gasteiger partial charge in [-0.1, -0.05) is 19.1 Å². The highest BCUT2D eigenvalue weighted by Gasteiger charge is 2.36. The maximum atomic E-state index is 5.45. The summed E-state index contributed by atoms with van der Waals surface area (Å²) in [7, 11) is 3.29. The molecule has 0 radical (unpaired) electrons. The van der Waals surface area contributed by atoms with Crippen LogP contribution in [0, 0.1) is 5.92 Å². The molecule has 3 heterocycles. The molecule has 1 fully saturated rings. The normalized spacial score (nSPS) is 18.8. The highest BCUT2D eigenvalue weighted by molar-refractivity contribution is 5.80. The molecule has 0 bridgehead atoms. The molecule has 0 saturated carbocycles. The zero-order valence-electron chi connectivity index (χ0n) is 17.4. The Balaban J connectivity index is 1.59. The SMILES string of the molecule is COc1cc2nc([C@@H]3[C@@H](C)CCN3c3ccccc3-n3cccn3)[nH]c2cc1OC. The van der Waals surface area contributed by atoms with E-state index >= 15 is 0 Å². The lowest BCUT2D eigenvalue weighted by Gasteiger charge is -2.29. The fraction of sp³-hybridized carbons (Fsp3) is 0.304. The second kappa shape index (κ2) is 7.40. The van der Waals surface area contributed by atoms with Crippen molar-refractivity contribution in [2.45, 2.75) is 19.4 Å². The van der Waals surface area contributed by atoms with Crippen LogP contribution in [-0.2, 0) is 0 Å². The molecule has 2 aromatic heterocycles. The monoisotopic (exact) mass is 403 g/mol. The van der Waals surface area contributed by atoms with E-state index in [0.29, 0.717) is 17.4 Å². The van der Waals surface area contributed by atoms with E-state index in [0.717, 1.165) is 41.2 Å². The van der Waals surface area contributed by atoms with Gasteiger partial charge in [0.2, 0.25) is 0 Å². The van der Waals surface area contributed by atoms with Crippen LogP contribution in [0.1, 0.15) is 25.2 Å². The Morgan fingerprint density at radius 2 is 1.80 bits per heavy atom. The standard InChI is InChI=1S/C23H25N5O2/c1-15-9-12-27(18-7-4-5-8-19(18)28-11-6-10-24-28)22(15)23-25-16-13-20(29-2)21(30-3)14-17(16)26-23/h4-8,10-11,13-15,22H,9,12H2,1-3H3,(H,25,26)/t15-,22-/m0/s1. The summed E-state index contributed by atoms with van der Waals surface area (Å²) >= 11 is 0. The third kappa shape index (κ3) is 2.98. The Hall–Kier alpha value is -3.48. The van der Waals surface area contributed by atoms with Crippen LogP contribution in [0.2, 0.25) is 0 Å². The molecule has 5 rings (SSSR count). The Kier molecular flexibility index (Phi) is 4.58. The molecule has 1 aliphatic rings. The molecule has 0 aliphatic carbocycles. The number of imidazole rings is 1. The Bertz CT molecular complexity index is 1130. The van der Waals surface area contributed by atoms with E-state index in [4.69, 9.17) is 14.5 Å². The van der Waals surface area contributed by atoms with Gasteiger partial charge in [0.05, 0.1) is 42.7 Å². The second-order valence-corrected chi connectivity index (χ2v) is 7.69. The van der Waals surface area contributed by atoms with Crippen molar-refractivity contribution >= 4 is 16.7 Å². The number of fused-ring (bicyclic) bond motifs is 1. The number of nitrogens with zero attached hydrogens (tertiary/aromatic N) is 4. The topological polar surface area (TPSA) is 68.2 Å². The van der Waals surface area contributed by atoms with Gasteiger partial charge in [0, 0.05) is 31.1 Å². The van der Waals surface area contributed by atoms with Crippen LogP contribution in [0.25, 0.3) is 16.7 Å². The number of para-hydroxylation sites is 2. The van der Waals surface area contributed by atoms with Crippen LogP contribution in [0.4, 0.5) is 5.69 Å². The number of aromatic amines is 1. The fourth-order valence-electron chi connectivity index (χ4n) is 4.44. The number of hydrogen-bond acceptors (Lipinski definition) is 5. The molecule has 0 spiro atoms. The first-order chi connectivity index (χ1) is 14.7. The third-order valence-corrected chi connectivity index (χ3v) is 5.93. The molecular formula is C23H25N5O2. The lowest BCUT2D eigenvalue weighted by Crippen LogP contribution is -2.26. The summed E-state index contributed by atoms with van der Waals surface area (Å²) in [5.74, 6) is 2.80. The van der Waals surface area contributed by atoms with E-state index in [-0.39, 0.29) is 6.04 Å². The van der Waals surface area contributed by atoms with E-state index in [1.807, 2.05) is 29.1 Å². The molecule has 2 atom stereocenters. The molecule has 0 unspecified atom stereocenters. The minimum absolute atomic E-state index is 0.145. The molecule has 0 amide bonds. The summed E-state index contributed by atoms with van der Waals surface area (Å²) in [6.07, 6.45) is 4.88. The summed E-state index contributed by atoms with van der Waals surface area (Å²) in [5.41, 5.74) is 4.05. The second-order valence-electron chi connectivity index (χ2n) is 7.69. The molecule has 154 valence electrons. The lowest BCUT2D eigenvalue weighted by atomic mass is 10.0. The molecule has 7 nitrogen and oxygen atoms in total. The van der Waals surface area contributed by atoms with Crippen LogP contribution in [-0.4, -0.2) is 40.5 Å². The van der Waals surface area contributed by atoms with Crippen molar-refractivity contribution < 1.29 is 9.47 Å². The van der Waals surface area contributed by atoms with Gasteiger partial charge in [-0.25, -0.2) is 9.67 Å². The van der Waals surface area contributed by atoms with Crippen molar-refractivity contribution in [1.29, 1.82) is 0 Å². The molecular weight excluding hydrogens is 378 g/mol. The quantitative estimate of drug-likeness (QED) is 0.536. The maximum Gasteiger partial charge on any atom is 0.163 e. The van der Waals surface area contributed by atoms with Crippen molar-refractivity contribution in [2.75, 3.05) is 25.7 Å². The predicted molar refractivity (Wildman–Crippen MR) is 117 cm³/mol. The molecule has 4 aromatic rings. The van der Waals surface area contributed by atoms with Crippen molar-refractivity contribution in [1.82, 2.24) is 19.7 Å². The number of ether oxygens (including phenoxy) is 2. The van der Waals surface area contributed by atoms with Gasteiger partial charge in [0.15, 0.2) is 11.5 Å². The molecule has 30 heavy (non-hydrogen) atoms. The van der Waals surface area contributed by atoms with Crippen LogP contribution in [0.15, 0.2) is 54.9 Å². The number of H-pyrrole nitrogens is 1. The van der Waals surface area contributed by atoms with Crippen molar-refractivity contribution in [3.8, 4) is 17.2 Å². The zero-order valence-corrected chi connectivity index (χ0v) is 17.4. The summed E-state index contributed by atoms with van der Waals surface area (Å²) in [6.45, 7) is 3.25. The average molecular weight is 403 g/mol. The van der Waals surface area contributed by atoms with Gasteiger partial charge in [-0.2, -0.15) is 5.10 Å². The maximum absolute atomic E-state index is 5.45. The van der Waals surface area contributed by atoms with E-state index in [1.54, 1.807) is 20.4 Å². The van der Waals surface area contributed by atoms with Crippen LogP contribution < -0.4 is 14.4 Å². The highest BCUT2D eigenvalue weighted by atomic mass is 16.5. The molecule has 1 aliphatic heterocycles. The number of aromatic nitrogens is 4. The third-order valence-electron chi connectivity index (χ3n) is 5.93.